The Hall–Kier alpha value is -1.62. The third-order valence-corrected chi connectivity index (χ3v) is 2.70. The molecule has 2 N–H and O–H groups in total. The molecule has 1 aliphatic rings. The Morgan fingerprint density at radius 3 is 3.06 bits per heavy atom. The summed E-state index contributed by atoms with van der Waals surface area (Å²) in [4.78, 5) is 27.7. The molecule has 1 atom stereocenters. The SMILES string of the molecule is CC1CN(C(=O)c2ccc[nH]c2=O)CCN1. The largest absolute Gasteiger partial charge is 0.336 e. The zero-order valence-electron chi connectivity index (χ0n) is 9.19. The van der Waals surface area contributed by atoms with E-state index in [1.165, 1.54) is 6.20 Å². The first-order valence-electron chi connectivity index (χ1n) is 5.39. The summed E-state index contributed by atoms with van der Waals surface area (Å²) in [5.74, 6) is -0.185. The zero-order valence-corrected chi connectivity index (χ0v) is 9.19. The van der Waals surface area contributed by atoms with E-state index in [1.54, 1.807) is 17.0 Å². The van der Waals surface area contributed by atoms with Crippen LogP contribution in [-0.2, 0) is 0 Å². The molecule has 1 unspecified atom stereocenters. The fourth-order valence-corrected chi connectivity index (χ4v) is 1.88. The van der Waals surface area contributed by atoms with Gasteiger partial charge in [-0.05, 0) is 19.1 Å². The fourth-order valence-electron chi connectivity index (χ4n) is 1.88. The molecule has 5 heteroatoms. The van der Waals surface area contributed by atoms with Crippen molar-refractivity contribution in [2.75, 3.05) is 19.6 Å². The predicted molar refractivity (Wildman–Crippen MR) is 60.4 cm³/mol. The molecule has 0 bridgehead atoms. The van der Waals surface area contributed by atoms with Gasteiger partial charge in [-0.3, -0.25) is 9.59 Å². The standard InChI is InChI=1S/C11H15N3O2/c1-8-7-14(6-5-12-8)11(16)9-3-2-4-13-10(9)15/h2-4,8,12H,5-7H2,1H3,(H,13,15). The minimum Gasteiger partial charge on any atom is -0.336 e. The van der Waals surface area contributed by atoms with E-state index in [0.29, 0.717) is 13.1 Å². The number of carbonyl (C=O) groups is 1. The van der Waals surface area contributed by atoms with Crippen LogP contribution in [-0.4, -0.2) is 41.5 Å². The minimum absolute atomic E-state index is 0.185. The van der Waals surface area contributed by atoms with Gasteiger partial charge in [-0.15, -0.1) is 0 Å². The average molecular weight is 221 g/mol. The summed E-state index contributed by atoms with van der Waals surface area (Å²) in [6.07, 6.45) is 1.53. The molecule has 0 saturated carbocycles. The second-order valence-electron chi connectivity index (χ2n) is 4.02. The van der Waals surface area contributed by atoms with Crippen LogP contribution < -0.4 is 10.9 Å². The van der Waals surface area contributed by atoms with Gasteiger partial charge in [0, 0.05) is 31.9 Å². The van der Waals surface area contributed by atoms with E-state index < -0.39 is 0 Å². The predicted octanol–water partition coefficient (Wildman–Crippen LogP) is -0.191. The van der Waals surface area contributed by atoms with E-state index in [-0.39, 0.29) is 23.1 Å². The molecule has 0 radical (unpaired) electrons. The van der Waals surface area contributed by atoms with Gasteiger partial charge in [0.25, 0.3) is 11.5 Å². The van der Waals surface area contributed by atoms with Gasteiger partial charge in [0.1, 0.15) is 5.56 Å². The number of carbonyl (C=O) groups excluding carboxylic acids is 1. The number of pyridine rings is 1. The molecule has 5 nitrogen and oxygen atoms in total. The smallest absolute Gasteiger partial charge is 0.260 e. The Labute approximate surface area is 93.5 Å². The molecular formula is C11H15N3O2. The molecule has 0 spiro atoms. The van der Waals surface area contributed by atoms with Crippen LogP contribution in [0.2, 0.25) is 0 Å². The number of hydrogen-bond donors (Lipinski definition) is 2. The molecule has 1 fully saturated rings. The van der Waals surface area contributed by atoms with E-state index in [9.17, 15) is 9.59 Å². The lowest BCUT2D eigenvalue weighted by Crippen LogP contribution is -2.52. The molecular weight excluding hydrogens is 206 g/mol. The van der Waals surface area contributed by atoms with Gasteiger partial charge in [-0.25, -0.2) is 0 Å². The molecule has 1 saturated heterocycles. The van der Waals surface area contributed by atoms with Crippen molar-refractivity contribution in [1.29, 1.82) is 0 Å². The summed E-state index contributed by atoms with van der Waals surface area (Å²) in [6, 6.07) is 3.51. The van der Waals surface area contributed by atoms with Crippen LogP contribution in [0, 0.1) is 0 Å². The number of rotatable bonds is 1. The van der Waals surface area contributed by atoms with Gasteiger partial charge in [-0.1, -0.05) is 0 Å². The summed E-state index contributed by atoms with van der Waals surface area (Å²) >= 11 is 0. The number of nitrogens with one attached hydrogen (secondary N) is 2. The summed E-state index contributed by atoms with van der Waals surface area (Å²) in [5, 5.41) is 3.25. The van der Waals surface area contributed by atoms with Crippen LogP contribution in [0.15, 0.2) is 23.1 Å². The lowest BCUT2D eigenvalue weighted by molar-refractivity contribution is 0.0707. The highest BCUT2D eigenvalue weighted by Crippen LogP contribution is 2.03. The quantitative estimate of drug-likeness (QED) is 0.690. The van der Waals surface area contributed by atoms with Crippen molar-refractivity contribution in [2.45, 2.75) is 13.0 Å². The van der Waals surface area contributed by atoms with Gasteiger partial charge in [-0.2, -0.15) is 0 Å². The van der Waals surface area contributed by atoms with Crippen LogP contribution in [0.1, 0.15) is 17.3 Å². The molecule has 0 aliphatic carbocycles. The van der Waals surface area contributed by atoms with Crippen molar-refractivity contribution in [3.63, 3.8) is 0 Å². The Bertz CT molecular complexity index is 441. The first-order chi connectivity index (χ1) is 7.68. The summed E-state index contributed by atoms with van der Waals surface area (Å²) in [6.45, 7) is 4.09. The highest BCUT2D eigenvalue weighted by Gasteiger charge is 2.22. The van der Waals surface area contributed by atoms with E-state index in [2.05, 4.69) is 10.3 Å². The minimum atomic E-state index is -0.321. The van der Waals surface area contributed by atoms with Crippen molar-refractivity contribution in [3.8, 4) is 0 Å². The first kappa shape index (κ1) is 10.9. The third kappa shape index (κ3) is 2.14. The highest BCUT2D eigenvalue weighted by molar-refractivity contribution is 5.93. The molecule has 1 amide bonds. The van der Waals surface area contributed by atoms with Crippen molar-refractivity contribution in [3.05, 3.63) is 34.2 Å². The number of aromatic nitrogens is 1. The van der Waals surface area contributed by atoms with Gasteiger partial charge >= 0.3 is 0 Å². The third-order valence-electron chi connectivity index (χ3n) is 2.70. The monoisotopic (exact) mass is 221 g/mol. The van der Waals surface area contributed by atoms with E-state index in [0.717, 1.165) is 6.54 Å². The van der Waals surface area contributed by atoms with Crippen molar-refractivity contribution in [1.82, 2.24) is 15.2 Å². The van der Waals surface area contributed by atoms with Crippen molar-refractivity contribution >= 4 is 5.91 Å². The Morgan fingerprint density at radius 2 is 2.38 bits per heavy atom. The van der Waals surface area contributed by atoms with E-state index in [4.69, 9.17) is 0 Å². The molecule has 2 heterocycles. The highest BCUT2D eigenvalue weighted by atomic mass is 16.2. The Morgan fingerprint density at radius 1 is 1.56 bits per heavy atom. The van der Waals surface area contributed by atoms with Crippen LogP contribution in [0.5, 0.6) is 0 Å². The number of amides is 1. The van der Waals surface area contributed by atoms with Crippen LogP contribution in [0.3, 0.4) is 0 Å². The zero-order chi connectivity index (χ0) is 11.5. The van der Waals surface area contributed by atoms with Gasteiger partial charge in [0.2, 0.25) is 0 Å². The second kappa shape index (κ2) is 4.49. The molecule has 1 aromatic heterocycles. The van der Waals surface area contributed by atoms with Gasteiger partial charge in [0.15, 0.2) is 0 Å². The molecule has 2 rings (SSSR count). The molecule has 1 aromatic rings. The maximum atomic E-state index is 12.0. The Kier molecular flexibility index (Phi) is 3.05. The van der Waals surface area contributed by atoms with Crippen LogP contribution in [0.4, 0.5) is 0 Å². The summed E-state index contributed by atoms with van der Waals surface area (Å²) < 4.78 is 0. The van der Waals surface area contributed by atoms with Crippen molar-refractivity contribution < 1.29 is 4.79 Å². The number of nitrogens with zero attached hydrogens (tertiary/aromatic N) is 1. The lowest BCUT2D eigenvalue weighted by Gasteiger charge is -2.31. The molecule has 0 aromatic carbocycles. The average Bonchev–Trinajstić information content (AvgIpc) is 2.29. The second-order valence-corrected chi connectivity index (χ2v) is 4.02. The fraction of sp³-hybridized carbons (Fsp3) is 0.455. The first-order valence-corrected chi connectivity index (χ1v) is 5.39. The summed E-state index contributed by atoms with van der Waals surface area (Å²) in [7, 11) is 0. The number of hydrogen-bond acceptors (Lipinski definition) is 3. The van der Waals surface area contributed by atoms with Crippen LogP contribution >= 0.6 is 0 Å². The van der Waals surface area contributed by atoms with E-state index in [1.807, 2.05) is 6.92 Å². The van der Waals surface area contributed by atoms with Gasteiger partial charge < -0.3 is 15.2 Å². The maximum absolute atomic E-state index is 12.0. The van der Waals surface area contributed by atoms with E-state index >= 15 is 0 Å². The lowest BCUT2D eigenvalue weighted by atomic mass is 10.2. The number of H-pyrrole nitrogens is 1. The Balaban J connectivity index is 2.19. The van der Waals surface area contributed by atoms with Crippen LogP contribution in [0.25, 0.3) is 0 Å². The molecule has 86 valence electrons. The topological polar surface area (TPSA) is 65.2 Å². The summed E-state index contributed by atoms with van der Waals surface area (Å²) in [5.41, 5.74) is -0.102. The number of piperazine rings is 1. The van der Waals surface area contributed by atoms with Crippen molar-refractivity contribution in [2.24, 2.45) is 0 Å². The molecule has 16 heavy (non-hydrogen) atoms. The van der Waals surface area contributed by atoms with Gasteiger partial charge in [0.05, 0.1) is 0 Å². The normalized spacial score (nSPS) is 20.8. The number of aromatic amines is 1. The maximum Gasteiger partial charge on any atom is 0.260 e. The molecule has 1 aliphatic heterocycles.